The molecule has 112 valence electrons. The molecule has 0 fully saturated rings. The number of nitrogens with two attached hydrogens (primary N) is 1. The molecule has 0 amide bonds. The van der Waals surface area contributed by atoms with Crippen LogP contribution in [-0.2, 0) is 6.42 Å². The lowest BCUT2D eigenvalue weighted by atomic mass is 9.97. The first-order valence-electron chi connectivity index (χ1n) is 7.08. The van der Waals surface area contributed by atoms with Crippen molar-refractivity contribution in [3.8, 4) is 5.75 Å². The quantitative estimate of drug-likeness (QED) is 0.633. The third kappa shape index (κ3) is 3.60. The van der Waals surface area contributed by atoms with Crippen molar-refractivity contribution in [1.29, 1.82) is 0 Å². The van der Waals surface area contributed by atoms with Gasteiger partial charge >= 0.3 is 0 Å². The van der Waals surface area contributed by atoms with Crippen molar-refractivity contribution in [2.45, 2.75) is 25.8 Å². The summed E-state index contributed by atoms with van der Waals surface area (Å²) in [5.74, 6) is 5.52. The molecule has 0 aliphatic carbocycles. The number of methoxy groups -OCH3 is 1. The number of rotatable bonds is 6. The average molecular weight is 288 g/mol. The van der Waals surface area contributed by atoms with Gasteiger partial charge in [-0.25, -0.2) is 9.82 Å². The van der Waals surface area contributed by atoms with E-state index in [-0.39, 0.29) is 17.6 Å². The molecule has 1 atom stereocenters. The monoisotopic (exact) mass is 288 g/mol. The summed E-state index contributed by atoms with van der Waals surface area (Å²) in [6, 6.07) is 12.9. The summed E-state index contributed by atoms with van der Waals surface area (Å²) < 4.78 is 18.5. The number of benzene rings is 2. The van der Waals surface area contributed by atoms with Crippen LogP contribution in [0.2, 0.25) is 0 Å². The molecule has 2 rings (SSSR count). The van der Waals surface area contributed by atoms with E-state index in [0.717, 1.165) is 24.0 Å². The van der Waals surface area contributed by atoms with Gasteiger partial charge in [-0.3, -0.25) is 5.84 Å². The molecular formula is C17H21FN2O. The van der Waals surface area contributed by atoms with Crippen molar-refractivity contribution >= 4 is 0 Å². The minimum atomic E-state index is -0.379. The topological polar surface area (TPSA) is 47.3 Å². The molecule has 4 heteroatoms. The van der Waals surface area contributed by atoms with Crippen LogP contribution in [0.4, 0.5) is 4.39 Å². The van der Waals surface area contributed by atoms with Crippen LogP contribution in [0.5, 0.6) is 5.75 Å². The zero-order chi connectivity index (χ0) is 15.2. The largest absolute Gasteiger partial charge is 0.494 e. The molecule has 2 aromatic carbocycles. The second-order valence-corrected chi connectivity index (χ2v) is 4.99. The number of hydrazine groups is 1. The fraction of sp³-hybridized carbons (Fsp3) is 0.294. The zero-order valence-electron chi connectivity index (χ0n) is 12.4. The lowest BCUT2D eigenvalue weighted by Gasteiger charge is -2.18. The Kier molecular flexibility index (Phi) is 5.31. The molecule has 0 spiro atoms. The summed E-state index contributed by atoms with van der Waals surface area (Å²) in [6.07, 6.45) is 2.18. The maximum atomic E-state index is 13.5. The van der Waals surface area contributed by atoms with E-state index in [1.54, 1.807) is 12.1 Å². The minimum Gasteiger partial charge on any atom is -0.494 e. The summed E-state index contributed by atoms with van der Waals surface area (Å²) in [4.78, 5) is 0. The van der Waals surface area contributed by atoms with Crippen molar-refractivity contribution in [3.63, 3.8) is 0 Å². The summed E-state index contributed by atoms with van der Waals surface area (Å²) in [7, 11) is 1.45. The highest BCUT2D eigenvalue weighted by Gasteiger charge is 2.14. The average Bonchev–Trinajstić information content (AvgIpc) is 2.51. The van der Waals surface area contributed by atoms with Crippen LogP contribution in [-0.4, -0.2) is 7.11 Å². The van der Waals surface area contributed by atoms with E-state index < -0.39 is 0 Å². The van der Waals surface area contributed by atoms with Crippen LogP contribution in [0.15, 0.2) is 42.5 Å². The SMILES string of the molecule is CCCc1ccc(C(NN)c2ccc(F)c(OC)c2)cc1. The molecular weight excluding hydrogens is 267 g/mol. The molecule has 21 heavy (non-hydrogen) atoms. The smallest absolute Gasteiger partial charge is 0.165 e. The molecule has 3 nitrogen and oxygen atoms in total. The fourth-order valence-electron chi connectivity index (χ4n) is 2.41. The Balaban J connectivity index is 2.30. The van der Waals surface area contributed by atoms with Crippen LogP contribution >= 0.6 is 0 Å². The summed E-state index contributed by atoms with van der Waals surface area (Å²) >= 11 is 0. The zero-order valence-corrected chi connectivity index (χ0v) is 12.4. The van der Waals surface area contributed by atoms with Gasteiger partial charge in [-0.05, 0) is 35.2 Å². The summed E-state index contributed by atoms with van der Waals surface area (Å²) in [5.41, 5.74) is 5.97. The maximum absolute atomic E-state index is 13.5. The predicted octanol–water partition coefficient (Wildman–Crippen LogP) is 3.34. The van der Waals surface area contributed by atoms with Gasteiger partial charge < -0.3 is 4.74 Å². The normalized spacial score (nSPS) is 12.2. The summed E-state index contributed by atoms with van der Waals surface area (Å²) in [6.45, 7) is 2.16. The Morgan fingerprint density at radius 2 is 1.81 bits per heavy atom. The van der Waals surface area contributed by atoms with Crippen LogP contribution in [0, 0.1) is 5.82 Å². The van der Waals surface area contributed by atoms with Gasteiger partial charge in [-0.15, -0.1) is 0 Å². The first kappa shape index (κ1) is 15.5. The number of halogens is 1. The number of hydrogen-bond donors (Lipinski definition) is 2. The van der Waals surface area contributed by atoms with Gasteiger partial charge in [-0.2, -0.15) is 0 Å². The van der Waals surface area contributed by atoms with Crippen molar-refractivity contribution < 1.29 is 9.13 Å². The third-order valence-corrected chi connectivity index (χ3v) is 3.53. The highest BCUT2D eigenvalue weighted by molar-refractivity contribution is 5.38. The first-order valence-corrected chi connectivity index (χ1v) is 7.08. The first-order chi connectivity index (χ1) is 10.2. The second-order valence-electron chi connectivity index (χ2n) is 4.99. The van der Waals surface area contributed by atoms with Crippen LogP contribution in [0.3, 0.4) is 0 Å². The van der Waals surface area contributed by atoms with E-state index in [4.69, 9.17) is 10.6 Å². The highest BCUT2D eigenvalue weighted by atomic mass is 19.1. The van der Waals surface area contributed by atoms with Crippen molar-refractivity contribution in [2.75, 3.05) is 7.11 Å². The van der Waals surface area contributed by atoms with Crippen LogP contribution < -0.4 is 16.0 Å². The molecule has 0 heterocycles. The maximum Gasteiger partial charge on any atom is 0.165 e. The van der Waals surface area contributed by atoms with E-state index in [1.165, 1.54) is 18.7 Å². The van der Waals surface area contributed by atoms with Gasteiger partial charge in [0.15, 0.2) is 11.6 Å². The van der Waals surface area contributed by atoms with Gasteiger partial charge in [0, 0.05) is 0 Å². The predicted molar refractivity (Wildman–Crippen MR) is 82.6 cm³/mol. The minimum absolute atomic E-state index is 0.199. The van der Waals surface area contributed by atoms with Gasteiger partial charge in [0.25, 0.3) is 0 Å². The number of ether oxygens (including phenoxy) is 1. The Hall–Kier alpha value is -1.91. The Morgan fingerprint density at radius 3 is 2.38 bits per heavy atom. The van der Waals surface area contributed by atoms with E-state index in [9.17, 15) is 4.39 Å². The van der Waals surface area contributed by atoms with Crippen molar-refractivity contribution in [1.82, 2.24) is 5.43 Å². The van der Waals surface area contributed by atoms with E-state index in [0.29, 0.717) is 0 Å². The Labute approximate surface area is 124 Å². The lowest BCUT2D eigenvalue weighted by Crippen LogP contribution is -2.28. The Morgan fingerprint density at radius 1 is 1.14 bits per heavy atom. The van der Waals surface area contributed by atoms with Gasteiger partial charge in [0.1, 0.15) is 0 Å². The van der Waals surface area contributed by atoms with Gasteiger partial charge in [0.2, 0.25) is 0 Å². The molecule has 2 aromatic rings. The molecule has 0 saturated heterocycles. The Bertz CT molecular complexity index is 584. The number of hydrogen-bond acceptors (Lipinski definition) is 3. The second kappa shape index (κ2) is 7.20. The molecule has 1 unspecified atom stereocenters. The lowest BCUT2D eigenvalue weighted by molar-refractivity contribution is 0.385. The molecule has 0 aromatic heterocycles. The van der Waals surface area contributed by atoms with Crippen molar-refractivity contribution in [2.24, 2.45) is 5.84 Å². The molecule has 0 saturated carbocycles. The summed E-state index contributed by atoms with van der Waals surface area (Å²) in [5, 5.41) is 0. The molecule has 0 bridgehead atoms. The van der Waals surface area contributed by atoms with Gasteiger partial charge in [-0.1, -0.05) is 43.7 Å². The van der Waals surface area contributed by atoms with Crippen molar-refractivity contribution in [3.05, 3.63) is 65.0 Å². The molecule has 0 aliphatic heterocycles. The number of aryl methyl sites for hydroxylation is 1. The van der Waals surface area contributed by atoms with E-state index in [2.05, 4.69) is 24.5 Å². The van der Waals surface area contributed by atoms with Gasteiger partial charge in [0.05, 0.1) is 13.2 Å². The number of nitrogens with one attached hydrogen (secondary N) is 1. The highest BCUT2D eigenvalue weighted by Crippen LogP contribution is 2.27. The van der Waals surface area contributed by atoms with E-state index >= 15 is 0 Å². The molecule has 3 N–H and O–H groups in total. The van der Waals surface area contributed by atoms with E-state index in [1.807, 2.05) is 12.1 Å². The molecule has 0 aliphatic rings. The molecule has 0 radical (unpaired) electrons. The van der Waals surface area contributed by atoms with Crippen LogP contribution in [0.1, 0.15) is 36.1 Å². The fourth-order valence-corrected chi connectivity index (χ4v) is 2.41. The van der Waals surface area contributed by atoms with Crippen LogP contribution in [0.25, 0.3) is 0 Å². The third-order valence-electron chi connectivity index (χ3n) is 3.53. The standard InChI is InChI=1S/C17H21FN2O/c1-3-4-12-5-7-13(8-6-12)17(20-19)14-9-10-15(18)16(11-14)21-2/h5-11,17,20H,3-4,19H2,1-2H3.